The first-order valence-electron chi connectivity index (χ1n) is 9.52. The number of non-ortho nitro benzene ring substituents is 1. The molecule has 0 unspecified atom stereocenters. The number of nitriles is 1. The summed E-state index contributed by atoms with van der Waals surface area (Å²) in [6.45, 7) is 0.322. The molecule has 0 aromatic heterocycles. The van der Waals surface area contributed by atoms with E-state index in [0.717, 1.165) is 5.56 Å². The normalized spacial score (nSPS) is 10.7. The largest absolute Gasteiger partial charge is 0.493 e. The summed E-state index contributed by atoms with van der Waals surface area (Å²) in [6, 6.07) is 22.0. The lowest BCUT2D eigenvalue weighted by Gasteiger charge is -2.12. The summed E-state index contributed by atoms with van der Waals surface area (Å²) in [5, 5.41) is 22.9. The minimum absolute atomic E-state index is 0.166. The van der Waals surface area contributed by atoms with Gasteiger partial charge in [-0.05, 0) is 35.4 Å². The summed E-state index contributed by atoms with van der Waals surface area (Å²) in [6.07, 6.45) is 1.40. The van der Waals surface area contributed by atoms with E-state index in [1.165, 1.54) is 37.5 Å². The zero-order valence-corrected chi connectivity index (χ0v) is 17.1. The van der Waals surface area contributed by atoms with E-state index in [1.807, 2.05) is 36.4 Å². The van der Waals surface area contributed by atoms with E-state index in [1.54, 1.807) is 18.2 Å². The summed E-state index contributed by atoms with van der Waals surface area (Å²) in [7, 11) is 1.52. The first kappa shape index (κ1) is 22.1. The molecule has 0 atom stereocenters. The summed E-state index contributed by atoms with van der Waals surface area (Å²) in [4.78, 5) is 22.9. The Kier molecular flexibility index (Phi) is 7.17. The molecular weight excluding hydrogens is 410 g/mol. The summed E-state index contributed by atoms with van der Waals surface area (Å²) < 4.78 is 11.2. The maximum atomic E-state index is 12.5. The SMILES string of the molecule is COc1ccc(/C=C(\C#N)C(=O)Nc2cccc([N+](=O)[O-])c2)cc1OCc1ccccc1. The van der Waals surface area contributed by atoms with Crippen molar-refractivity contribution >= 4 is 23.4 Å². The van der Waals surface area contributed by atoms with Crippen LogP contribution in [0.15, 0.2) is 78.4 Å². The third-order valence-corrected chi connectivity index (χ3v) is 4.42. The quantitative estimate of drug-likeness (QED) is 0.240. The summed E-state index contributed by atoms with van der Waals surface area (Å²) in [5.41, 5.74) is 1.41. The Morgan fingerprint density at radius 3 is 2.56 bits per heavy atom. The van der Waals surface area contributed by atoms with Crippen molar-refractivity contribution in [2.24, 2.45) is 0 Å². The highest BCUT2D eigenvalue weighted by atomic mass is 16.6. The molecule has 0 aliphatic carbocycles. The molecule has 0 aliphatic rings. The van der Waals surface area contributed by atoms with Crippen LogP contribution in [0.5, 0.6) is 11.5 Å². The van der Waals surface area contributed by atoms with Gasteiger partial charge in [-0.2, -0.15) is 5.26 Å². The van der Waals surface area contributed by atoms with Crippen LogP contribution >= 0.6 is 0 Å². The van der Waals surface area contributed by atoms with Crippen LogP contribution in [0.1, 0.15) is 11.1 Å². The van der Waals surface area contributed by atoms with Gasteiger partial charge in [-0.1, -0.05) is 42.5 Å². The first-order chi connectivity index (χ1) is 15.5. The number of methoxy groups -OCH3 is 1. The number of benzene rings is 3. The average molecular weight is 429 g/mol. The van der Waals surface area contributed by atoms with E-state index in [0.29, 0.717) is 23.7 Å². The Balaban J connectivity index is 1.80. The van der Waals surface area contributed by atoms with Crippen molar-refractivity contribution in [2.45, 2.75) is 6.61 Å². The highest BCUT2D eigenvalue weighted by molar-refractivity contribution is 6.09. The van der Waals surface area contributed by atoms with Crippen LogP contribution < -0.4 is 14.8 Å². The average Bonchev–Trinajstić information content (AvgIpc) is 2.82. The van der Waals surface area contributed by atoms with E-state index in [2.05, 4.69) is 5.32 Å². The highest BCUT2D eigenvalue weighted by Gasteiger charge is 2.13. The molecular formula is C24H19N3O5. The number of ether oxygens (including phenoxy) is 2. The molecule has 0 bridgehead atoms. The summed E-state index contributed by atoms with van der Waals surface area (Å²) >= 11 is 0. The van der Waals surface area contributed by atoms with Gasteiger partial charge < -0.3 is 14.8 Å². The van der Waals surface area contributed by atoms with Crippen molar-refractivity contribution in [1.29, 1.82) is 5.26 Å². The monoisotopic (exact) mass is 429 g/mol. The van der Waals surface area contributed by atoms with E-state index >= 15 is 0 Å². The fraction of sp³-hybridized carbons (Fsp3) is 0.0833. The molecule has 8 nitrogen and oxygen atoms in total. The van der Waals surface area contributed by atoms with Gasteiger partial charge in [0.25, 0.3) is 11.6 Å². The van der Waals surface area contributed by atoms with Gasteiger partial charge in [-0.25, -0.2) is 0 Å². The van der Waals surface area contributed by atoms with Gasteiger partial charge in [0.1, 0.15) is 18.2 Å². The van der Waals surface area contributed by atoms with Crippen molar-refractivity contribution in [2.75, 3.05) is 12.4 Å². The molecule has 32 heavy (non-hydrogen) atoms. The van der Waals surface area contributed by atoms with E-state index in [4.69, 9.17) is 9.47 Å². The predicted molar refractivity (Wildman–Crippen MR) is 119 cm³/mol. The lowest BCUT2D eigenvalue weighted by atomic mass is 10.1. The number of rotatable bonds is 8. The number of carbonyl (C=O) groups is 1. The molecule has 1 amide bonds. The lowest BCUT2D eigenvalue weighted by molar-refractivity contribution is -0.384. The number of anilines is 1. The highest BCUT2D eigenvalue weighted by Crippen LogP contribution is 2.30. The Hall–Kier alpha value is -4.64. The molecule has 1 N–H and O–H groups in total. The van der Waals surface area contributed by atoms with E-state index in [9.17, 15) is 20.2 Å². The van der Waals surface area contributed by atoms with Crippen LogP contribution in [0.2, 0.25) is 0 Å². The van der Waals surface area contributed by atoms with Gasteiger partial charge in [-0.15, -0.1) is 0 Å². The molecule has 3 rings (SSSR count). The van der Waals surface area contributed by atoms with Gasteiger partial charge >= 0.3 is 0 Å². The first-order valence-corrected chi connectivity index (χ1v) is 9.52. The minimum Gasteiger partial charge on any atom is -0.493 e. The van der Waals surface area contributed by atoms with Crippen molar-refractivity contribution in [1.82, 2.24) is 0 Å². The number of nitro benzene ring substituents is 1. The fourth-order valence-electron chi connectivity index (χ4n) is 2.84. The molecule has 0 saturated carbocycles. The molecule has 0 saturated heterocycles. The van der Waals surface area contributed by atoms with Crippen molar-refractivity contribution < 1.29 is 19.2 Å². The van der Waals surface area contributed by atoms with Gasteiger partial charge in [0.2, 0.25) is 0 Å². The van der Waals surface area contributed by atoms with Crippen LogP contribution in [0.3, 0.4) is 0 Å². The number of amides is 1. The predicted octanol–water partition coefficient (Wildman–Crippen LogP) is 4.73. The second kappa shape index (κ2) is 10.4. The van der Waals surface area contributed by atoms with Crippen LogP contribution in [-0.2, 0) is 11.4 Å². The molecule has 3 aromatic rings. The number of nitrogens with zero attached hydrogens (tertiary/aromatic N) is 2. The molecule has 0 heterocycles. The minimum atomic E-state index is -0.685. The van der Waals surface area contributed by atoms with Crippen LogP contribution in [0.25, 0.3) is 6.08 Å². The second-order valence-corrected chi connectivity index (χ2v) is 6.62. The Morgan fingerprint density at radius 2 is 1.88 bits per heavy atom. The van der Waals surface area contributed by atoms with Crippen molar-refractivity contribution in [3.63, 3.8) is 0 Å². The third kappa shape index (κ3) is 5.70. The lowest BCUT2D eigenvalue weighted by Crippen LogP contribution is -2.13. The van der Waals surface area contributed by atoms with Crippen LogP contribution in [-0.4, -0.2) is 17.9 Å². The smallest absolute Gasteiger partial charge is 0.271 e. The van der Waals surface area contributed by atoms with Crippen molar-refractivity contribution in [3.8, 4) is 17.6 Å². The maximum absolute atomic E-state index is 12.5. The number of carbonyl (C=O) groups excluding carboxylic acids is 1. The van der Waals surface area contributed by atoms with Crippen LogP contribution in [0, 0.1) is 21.4 Å². The molecule has 0 fully saturated rings. The molecule has 8 heteroatoms. The Morgan fingerprint density at radius 1 is 1.09 bits per heavy atom. The molecule has 0 spiro atoms. The van der Waals surface area contributed by atoms with Gasteiger partial charge in [-0.3, -0.25) is 14.9 Å². The number of nitrogens with one attached hydrogen (secondary N) is 1. The maximum Gasteiger partial charge on any atom is 0.271 e. The summed E-state index contributed by atoms with van der Waals surface area (Å²) in [5.74, 6) is 0.287. The zero-order valence-electron chi connectivity index (χ0n) is 17.1. The Labute approximate surface area is 184 Å². The van der Waals surface area contributed by atoms with E-state index in [-0.39, 0.29) is 16.9 Å². The molecule has 3 aromatic carbocycles. The molecule has 160 valence electrons. The number of hydrogen-bond acceptors (Lipinski definition) is 6. The fourth-order valence-corrected chi connectivity index (χ4v) is 2.84. The van der Waals surface area contributed by atoms with Crippen LogP contribution in [0.4, 0.5) is 11.4 Å². The third-order valence-electron chi connectivity index (χ3n) is 4.42. The zero-order chi connectivity index (χ0) is 22.9. The standard InChI is InChI=1S/C24H19N3O5/c1-31-22-11-10-18(13-23(22)32-16-17-6-3-2-4-7-17)12-19(15-25)24(28)26-20-8-5-9-21(14-20)27(29)30/h2-14H,16H2,1H3,(H,26,28)/b19-12+. The van der Waals surface area contributed by atoms with Gasteiger partial charge in [0, 0.05) is 17.8 Å². The van der Waals surface area contributed by atoms with E-state index < -0.39 is 10.8 Å². The number of hydrogen-bond donors (Lipinski definition) is 1. The van der Waals surface area contributed by atoms with Crippen molar-refractivity contribution in [3.05, 3.63) is 99.6 Å². The van der Waals surface area contributed by atoms with Gasteiger partial charge in [0.15, 0.2) is 11.5 Å². The molecule has 0 aliphatic heterocycles. The Bertz CT molecular complexity index is 1200. The second-order valence-electron chi connectivity index (χ2n) is 6.62. The van der Waals surface area contributed by atoms with Gasteiger partial charge in [0.05, 0.1) is 12.0 Å². The molecule has 0 radical (unpaired) electrons. The topological polar surface area (TPSA) is 114 Å². The number of nitro groups is 1.